The molecule has 2 amide bonds. The van der Waals surface area contributed by atoms with Crippen molar-refractivity contribution in [3.8, 4) is 0 Å². The molecule has 2 heterocycles. The number of benzene rings is 1. The van der Waals surface area contributed by atoms with E-state index in [1.807, 2.05) is 17.0 Å². The van der Waals surface area contributed by atoms with E-state index in [-0.39, 0.29) is 6.03 Å². The average molecular weight is 313 g/mol. The van der Waals surface area contributed by atoms with E-state index in [0.29, 0.717) is 6.54 Å². The summed E-state index contributed by atoms with van der Waals surface area (Å²) in [6.45, 7) is 5.97. The van der Waals surface area contributed by atoms with Crippen molar-refractivity contribution < 1.29 is 9.21 Å². The molecular formula is C18H23N3O2. The van der Waals surface area contributed by atoms with Gasteiger partial charge in [0.25, 0.3) is 0 Å². The highest BCUT2D eigenvalue weighted by Gasteiger charge is 2.21. The van der Waals surface area contributed by atoms with Crippen molar-refractivity contribution >= 4 is 11.7 Å². The van der Waals surface area contributed by atoms with Gasteiger partial charge in [-0.25, -0.2) is 4.79 Å². The third kappa shape index (κ3) is 3.86. The predicted molar refractivity (Wildman–Crippen MR) is 90.8 cm³/mol. The fraction of sp³-hybridized carbons (Fsp3) is 0.389. The molecule has 5 heteroatoms. The minimum atomic E-state index is 0.0148. The fourth-order valence-corrected chi connectivity index (χ4v) is 2.93. The molecule has 0 aliphatic carbocycles. The Morgan fingerprint density at radius 3 is 2.61 bits per heavy atom. The third-order valence-corrected chi connectivity index (χ3v) is 4.25. The summed E-state index contributed by atoms with van der Waals surface area (Å²) in [6, 6.07) is 12.2. The number of carbonyl (C=O) groups is 1. The molecule has 3 rings (SSSR count). The van der Waals surface area contributed by atoms with E-state index in [0.717, 1.165) is 38.4 Å². The van der Waals surface area contributed by atoms with Gasteiger partial charge in [-0.1, -0.05) is 18.2 Å². The number of piperazine rings is 1. The molecule has 2 aromatic rings. The maximum Gasteiger partial charge on any atom is 0.317 e. The lowest BCUT2D eigenvalue weighted by molar-refractivity contribution is 0.194. The van der Waals surface area contributed by atoms with E-state index < -0.39 is 0 Å². The molecule has 5 nitrogen and oxygen atoms in total. The smallest absolute Gasteiger partial charge is 0.317 e. The molecule has 0 saturated carbocycles. The first-order valence-corrected chi connectivity index (χ1v) is 8.10. The molecule has 0 bridgehead atoms. The molecule has 1 aromatic carbocycles. The summed E-state index contributed by atoms with van der Waals surface area (Å²) in [5.74, 6) is 0.898. The lowest BCUT2D eigenvalue weighted by atomic mass is 10.1. The summed E-state index contributed by atoms with van der Waals surface area (Å²) in [5, 5.41) is 2.97. The summed E-state index contributed by atoms with van der Waals surface area (Å²) in [6.07, 6.45) is 2.38. The number of amides is 2. The zero-order chi connectivity index (χ0) is 16.1. The third-order valence-electron chi connectivity index (χ3n) is 4.25. The van der Waals surface area contributed by atoms with Gasteiger partial charge in [0.05, 0.1) is 6.26 Å². The van der Waals surface area contributed by atoms with Crippen LogP contribution in [0.15, 0.2) is 47.1 Å². The van der Waals surface area contributed by atoms with Crippen LogP contribution >= 0.6 is 0 Å². The van der Waals surface area contributed by atoms with Crippen LogP contribution in [-0.2, 0) is 6.42 Å². The SMILES string of the molecule is Cc1ccccc1N1CCN(C(=O)NCCc2ccco2)CC1. The highest BCUT2D eigenvalue weighted by Crippen LogP contribution is 2.20. The van der Waals surface area contributed by atoms with Crippen molar-refractivity contribution in [2.75, 3.05) is 37.6 Å². The van der Waals surface area contributed by atoms with Crippen LogP contribution in [0.1, 0.15) is 11.3 Å². The van der Waals surface area contributed by atoms with Gasteiger partial charge >= 0.3 is 6.03 Å². The van der Waals surface area contributed by atoms with E-state index in [1.54, 1.807) is 6.26 Å². The minimum absolute atomic E-state index is 0.0148. The maximum atomic E-state index is 12.2. The Bertz CT molecular complexity index is 631. The van der Waals surface area contributed by atoms with Gasteiger partial charge in [-0.3, -0.25) is 0 Å². The van der Waals surface area contributed by atoms with Gasteiger partial charge in [-0.05, 0) is 30.7 Å². The molecule has 1 fully saturated rings. The van der Waals surface area contributed by atoms with Crippen LogP contribution < -0.4 is 10.2 Å². The van der Waals surface area contributed by atoms with Crippen molar-refractivity contribution in [2.24, 2.45) is 0 Å². The van der Waals surface area contributed by atoms with Gasteiger partial charge in [0.2, 0.25) is 0 Å². The number of hydrogen-bond donors (Lipinski definition) is 1. The number of nitrogens with one attached hydrogen (secondary N) is 1. The highest BCUT2D eigenvalue weighted by molar-refractivity contribution is 5.74. The molecule has 1 aliphatic rings. The lowest BCUT2D eigenvalue weighted by Crippen LogP contribution is -2.52. The first kappa shape index (κ1) is 15.5. The average Bonchev–Trinajstić information content (AvgIpc) is 3.09. The Kier molecular flexibility index (Phi) is 4.86. The number of furan rings is 1. The molecule has 122 valence electrons. The predicted octanol–water partition coefficient (Wildman–Crippen LogP) is 2.66. The Morgan fingerprint density at radius 1 is 1.13 bits per heavy atom. The number of anilines is 1. The normalized spacial score (nSPS) is 14.8. The quantitative estimate of drug-likeness (QED) is 0.944. The Labute approximate surface area is 136 Å². The summed E-state index contributed by atoms with van der Waals surface area (Å²) in [4.78, 5) is 16.4. The molecule has 0 spiro atoms. The van der Waals surface area contributed by atoms with Gasteiger partial charge in [0.15, 0.2) is 0 Å². The number of carbonyl (C=O) groups excluding carboxylic acids is 1. The van der Waals surface area contributed by atoms with E-state index >= 15 is 0 Å². The highest BCUT2D eigenvalue weighted by atomic mass is 16.3. The fourth-order valence-electron chi connectivity index (χ4n) is 2.93. The summed E-state index contributed by atoms with van der Waals surface area (Å²) in [7, 11) is 0. The van der Waals surface area contributed by atoms with Crippen molar-refractivity contribution in [3.63, 3.8) is 0 Å². The van der Waals surface area contributed by atoms with Crippen molar-refractivity contribution in [1.82, 2.24) is 10.2 Å². The van der Waals surface area contributed by atoms with Crippen LogP contribution in [0.4, 0.5) is 10.5 Å². The largest absolute Gasteiger partial charge is 0.469 e. The Hall–Kier alpha value is -2.43. The van der Waals surface area contributed by atoms with E-state index in [2.05, 4.69) is 41.4 Å². The van der Waals surface area contributed by atoms with Crippen molar-refractivity contribution in [3.05, 3.63) is 54.0 Å². The molecule has 1 N–H and O–H groups in total. The van der Waals surface area contributed by atoms with Gasteiger partial charge in [0.1, 0.15) is 5.76 Å². The van der Waals surface area contributed by atoms with Crippen molar-refractivity contribution in [1.29, 1.82) is 0 Å². The van der Waals surface area contributed by atoms with E-state index in [1.165, 1.54) is 11.3 Å². The van der Waals surface area contributed by atoms with Gasteiger partial charge < -0.3 is 19.5 Å². The first-order chi connectivity index (χ1) is 11.2. The van der Waals surface area contributed by atoms with Crippen LogP contribution in [0.5, 0.6) is 0 Å². The van der Waals surface area contributed by atoms with Crippen LogP contribution in [0, 0.1) is 6.92 Å². The lowest BCUT2D eigenvalue weighted by Gasteiger charge is -2.36. The topological polar surface area (TPSA) is 48.7 Å². The molecule has 0 unspecified atom stereocenters. The Balaban J connectivity index is 1.45. The molecule has 1 aliphatic heterocycles. The number of rotatable bonds is 4. The summed E-state index contributed by atoms with van der Waals surface area (Å²) < 4.78 is 5.26. The summed E-state index contributed by atoms with van der Waals surface area (Å²) >= 11 is 0. The van der Waals surface area contributed by atoms with Crippen LogP contribution in [-0.4, -0.2) is 43.7 Å². The molecule has 1 aromatic heterocycles. The van der Waals surface area contributed by atoms with Gasteiger partial charge in [-0.2, -0.15) is 0 Å². The molecule has 0 atom stereocenters. The zero-order valence-electron chi connectivity index (χ0n) is 13.5. The Morgan fingerprint density at radius 2 is 1.91 bits per heavy atom. The first-order valence-electron chi connectivity index (χ1n) is 8.10. The monoisotopic (exact) mass is 313 g/mol. The van der Waals surface area contributed by atoms with Gasteiger partial charge in [0, 0.05) is 44.8 Å². The maximum absolute atomic E-state index is 12.2. The zero-order valence-corrected chi connectivity index (χ0v) is 13.5. The summed E-state index contributed by atoms with van der Waals surface area (Å²) in [5.41, 5.74) is 2.55. The number of aryl methyl sites for hydroxylation is 1. The number of para-hydroxylation sites is 1. The number of hydrogen-bond acceptors (Lipinski definition) is 3. The van der Waals surface area contributed by atoms with Crippen molar-refractivity contribution in [2.45, 2.75) is 13.3 Å². The van der Waals surface area contributed by atoms with Crippen LogP contribution in [0.2, 0.25) is 0 Å². The van der Waals surface area contributed by atoms with Crippen LogP contribution in [0.25, 0.3) is 0 Å². The molecule has 0 radical (unpaired) electrons. The number of nitrogens with zero attached hydrogens (tertiary/aromatic N) is 2. The minimum Gasteiger partial charge on any atom is -0.469 e. The number of urea groups is 1. The molecular weight excluding hydrogens is 290 g/mol. The molecule has 23 heavy (non-hydrogen) atoms. The van der Waals surface area contributed by atoms with E-state index in [4.69, 9.17) is 4.42 Å². The second kappa shape index (κ2) is 7.22. The van der Waals surface area contributed by atoms with Crippen LogP contribution in [0.3, 0.4) is 0 Å². The second-order valence-corrected chi connectivity index (χ2v) is 5.82. The molecule has 1 saturated heterocycles. The van der Waals surface area contributed by atoms with Gasteiger partial charge in [-0.15, -0.1) is 0 Å². The van der Waals surface area contributed by atoms with E-state index in [9.17, 15) is 4.79 Å². The standard InChI is InChI=1S/C18H23N3O2/c1-15-5-2-3-7-17(15)20-10-12-21(13-11-20)18(22)19-9-8-16-6-4-14-23-16/h2-7,14H,8-13H2,1H3,(H,19,22). The second-order valence-electron chi connectivity index (χ2n) is 5.82.